The fourth-order valence-corrected chi connectivity index (χ4v) is 11.6. The van der Waals surface area contributed by atoms with Crippen molar-refractivity contribution in [1.82, 2.24) is 35.0 Å². The molecule has 4 saturated heterocycles. The maximum absolute atomic E-state index is 13.8. The molecule has 3 aromatic heterocycles. The maximum atomic E-state index is 13.8. The van der Waals surface area contributed by atoms with Gasteiger partial charge in [-0.2, -0.15) is 0 Å². The van der Waals surface area contributed by atoms with Gasteiger partial charge in [0.05, 0.1) is 12.1 Å². The number of likely N-dealkylation sites (tertiary alicyclic amines) is 3. The molecule has 5 amide bonds. The number of hydrogen-bond acceptors (Lipinski definition) is 20. The van der Waals surface area contributed by atoms with Gasteiger partial charge in [0.2, 0.25) is 11.6 Å². The summed E-state index contributed by atoms with van der Waals surface area (Å²) in [7, 11) is 0. The number of ketones is 2. The number of Topliss-reactive ketones (excluding diaryl/α,β-unsaturated/α-hetero) is 2. The van der Waals surface area contributed by atoms with Crippen LogP contribution in [-0.2, 0) is 54.5 Å². The van der Waals surface area contributed by atoms with E-state index in [2.05, 4.69) is 35.9 Å². The van der Waals surface area contributed by atoms with Crippen LogP contribution in [0.25, 0.3) is 0 Å². The largest absolute Gasteiger partial charge is 0.444 e. The van der Waals surface area contributed by atoms with Crippen LogP contribution in [0.2, 0.25) is 0 Å². The Kier molecular flexibility index (Phi) is 28.8. The summed E-state index contributed by atoms with van der Waals surface area (Å²) in [6.07, 6.45) is 11.6. The number of piperidine rings is 4. The molecule has 0 unspecified atom stereocenters. The number of hydrogen-bond donors (Lipinski definition) is 3. The molecule has 9 heterocycles. The molecule has 4 N–H and O–H groups in total. The Balaban J connectivity index is 0.000000222. The average molecular weight is 1560 g/mol. The zero-order valence-electron chi connectivity index (χ0n) is 61.0. The van der Waals surface area contributed by atoms with E-state index in [1.54, 1.807) is 131 Å². The van der Waals surface area contributed by atoms with E-state index in [-0.39, 0.29) is 99.6 Å². The van der Waals surface area contributed by atoms with E-state index in [4.69, 9.17) is 29.6 Å². The fourth-order valence-electron chi connectivity index (χ4n) is 11.6. The molecule has 4 fully saturated rings. The topological polar surface area (TPSA) is 295 Å². The van der Waals surface area contributed by atoms with E-state index in [0.29, 0.717) is 60.1 Å². The van der Waals surface area contributed by atoms with Gasteiger partial charge in [0.15, 0.2) is 22.6 Å². The van der Waals surface area contributed by atoms with Crippen LogP contribution in [0, 0.1) is 7.43 Å². The number of pyridine rings is 3. The number of anilines is 3. The summed E-state index contributed by atoms with van der Waals surface area (Å²) in [5.74, 6) is 1.27. The average Bonchev–Trinajstić information content (AvgIpc) is 1.78. The molecule has 6 aliphatic rings. The minimum atomic E-state index is -0.999. The van der Waals surface area contributed by atoms with Crippen molar-refractivity contribution in [2.24, 2.45) is 16.0 Å². The number of nitrogens with zero attached hydrogens (tertiary/aromatic N) is 10. The van der Waals surface area contributed by atoms with Crippen molar-refractivity contribution < 1.29 is 78.5 Å². The Morgan fingerprint density at radius 3 is 1.33 bits per heavy atom. The molecule has 0 saturated carbocycles. The zero-order chi connectivity index (χ0) is 71.9. The molecular weight excluding hydrogens is 1460 g/mol. The number of benzene rings is 2. The fraction of sp³-hybridized carbons (Fsp3) is 0.507. The Labute approximate surface area is 609 Å². The van der Waals surface area contributed by atoms with Crippen LogP contribution < -0.4 is 26.2 Å². The molecule has 26 heteroatoms. The molecule has 546 valence electrons. The van der Waals surface area contributed by atoms with Gasteiger partial charge < -0.3 is 62.4 Å². The van der Waals surface area contributed by atoms with Crippen LogP contribution in [0.1, 0.15) is 173 Å². The van der Waals surface area contributed by atoms with Crippen molar-refractivity contribution in [3.05, 3.63) is 151 Å². The van der Waals surface area contributed by atoms with Gasteiger partial charge in [-0.25, -0.2) is 29.3 Å². The summed E-state index contributed by atoms with van der Waals surface area (Å²) in [6, 6.07) is 30.5. The minimum Gasteiger partial charge on any atom is -0.444 e. The van der Waals surface area contributed by atoms with Crippen molar-refractivity contribution in [3.8, 4) is 0 Å². The summed E-state index contributed by atoms with van der Waals surface area (Å²) in [6.45, 7) is 28.9. The van der Waals surface area contributed by atoms with Crippen molar-refractivity contribution in [3.63, 3.8) is 0 Å². The normalized spacial score (nSPS) is 20.0. The number of amides is 5. The minimum absolute atomic E-state index is 0. The molecule has 2 aromatic carbocycles. The maximum Gasteiger partial charge on any atom is 0.410 e. The first-order chi connectivity index (χ1) is 46.8. The predicted molar refractivity (Wildman–Crippen MR) is 385 cm³/mol. The van der Waals surface area contributed by atoms with Crippen LogP contribution in [0.4, 0.5) is 31.8 Å². The van der Waals surface area contributed by atoms with Crippen molar-refractivity contribution in [1.29, 1.82) is 0 Å². The van der Waals surface area contributed by atoms with E-state index in [0.717, 1.165) is 83.4 Å². The number of nitrogens with one attached hydrogen (secondary N) is 2. The van der Waals surface area contributed by atoms with Crippen LogP contribution in [0.15, 0.2) is 132 Å². The Bertz CT molecular complexity index is 3630. The smallest absolute Gasteiger partial charge is 0.410 e. The number of ether oxygens (including phenoxy) is 3. The van der Waals surface area contributed by atoms with Crippen molar-refractivity contribution >= 4 is 70.5 Å². The first kappa shape index (κ1) is 81.3. The van der Waals surface area contributed by atoms with Gasteiger partial charge in [0.1, 0.15) is 34.3 Å². The van der Waals surface area contributed by atoms with Crippen molar-refractivity contribution in [2.45, 2.75) is 194 Å². The first-order valence-corrected chi connectivity index (χ1v) is 34.2. The summed E-state index contributed by atoms with van der Waals surface area (Å²) in [5.41, 5.74) is 5.08. The molecule has 25 nitrogen and oxygen atoms in total. The summed E-state index contributed by atoms with van der Waals surface area (Å²) < 4.78 is 16.2. The number of rotatable bonds is 10. The van der Waals surface area contributed by atoms with Gasteiger partial charge in [-0.3, -0.25) is 29.0 Å². The standard InChI is InChI=1S/C27H32N4O5.C22H24N4O3.C15H23N3O2.C10H20N2O2.CH3.W/c1-26(2,3)35-25(34)30-16-8-9-20(17-30)31(21-10-6-7-15-28-21)24(33)19-13-11-18(12-14-19)22-23(32)27(4,5)36-29-22;1-22(2)20(27)19(25-29-22)15-8-10-16(11-9-15)21(28)26(17-6-5-12-23-14-17)18-7-3-4-13-24-18;1-15(2,3)20-14(19)18-10-6-7-12(11-18)17-13-8-4-5-9-16-13;1-10(2,3)14-9(13)12-6-4-5-8(11)7-12;;/h6-7,10-15,20H,8-9,16-17H2,1-5H3;3-4,7-11,13,17,23H,5-6,12,14H2,1-2H3;4-5,8-9,12H,6-7,10-11H2,1-3H3,(H,16,17);8H,4-7,11H2,1-3H3;1H3;/q;;;;-1;/t20-;17-;12-;8-;;/m1111../s1. The number of carbonyl (C=O) groups excluding carboxylic acids is 7. The van der Waals surface area contributed by atoms with E-state index in [1.165, 1.54) is 0 Å². The van der Waals surface area contributed by atoms with Crippen molar-refractivity contribution in [2.75, 3.05) is 67.5 Å². The summed E-state index contributed by atoms with van der Waals surface area (Å²) >= 11 is 0. The zero-order valence-corrected chi connectivity index (χ0v) is 64.0. The predicted octanol–water partition coefficient (Wildman–Crippen LogP) is 11.5. The molecule has 6 aliphatic heterocycles. The Hall–Kier alpha value is -8.67. The molecular formula is C75H102N13O12W-. The molecule has 11 rings (SSSR count). The molecule has 5 aromatic rings. The third kappa shape index (κ3) is 23.4. The van der Waals surface area contributed by atoms with E-state index >= 15 is 0 Å². The number of oxime groups is 2. The molecule has 101 heavy (non-hydrogen) atoms. The number of aromatic nitrogens is 3. The number of nitrogens with two attached hydrogens (primary N) is 1. The Morgan fingerprint density at radius 1 is 0.535 bits per heavy atom. The van der Waals surface area contributed by atoms with Crippen LogP contribution in [0.3, 0.4) is 0 Å². The van der Waals surface area contributed by atoms with Gasteiger partial charge >= 0.3 is 18.3 Å². The van der Waals surface area contributed by atoms with Gasteiger partial charge in [-0.15, -0.1) is 0 Å². The van der Waals surface area contributed by atoms with E-state index in [9.17, 15) is 33.6 Å². The molecule has 0 spiro atoms. The van der Waals surface area contributed by atoms with Gasteiger partial charge in [-0.05, 0) is 209 Å². The summed E-state index contributed by atoms with van der Waals surface area (Å²) in [4.78, 5) is 121. The van der Waals surface area contributed by atoms with Crippen LogP contribution >= 0.6 is 0 Å². The third-order valence-corrected chi connectivity index (χ3v) is 16.5. The quantitative estimate of drug-likeness (QED) is 0.0864. The molecule has 0 aliphatic carbocycles. The summed E-state index contributed by atoms with van der Waals surface area (Å²) in [5, 5.41) is 14.6. The molecule has 0 bridgehead atoms. The second-order valence-electron chi connectivity index (χ2n) is 29.3. The molecule has 4 atom stereocenters. The van der Waals surface area contributed by atoms with E-state index < -0.39 is 34.1 Å². The second kappa shape index (κ2) is 35.8. The monoisotopic (exact) mass is 1560 g/mol. The second-order valence-corrected chi connectivity index (χ2v) is 29.3. The van der Waals surface area contributed by atoms with Crippen LogP contribution in [0.5, 0.6) is 0 Å². The van der Waals surface area contributed by atoms with Gasteiger partial charge in [0.25, 0.3) is 11.8 Å². The Morgan fingerprint density at radius 2 is 0.941 bits per heavy atom. The van der Waals surface area contributed by atoms with E-state index in [1.807, 2.05) is 105 Å². The number of carbonyl (C=O) groups is 7. The van der Waals surface area contributed by atoms with Crippen LogP contribution in [-0.4, -0.2) is 187 Å². The van der Waals surface area contributed by atoms with Gasteiger partial charge in [-0.1, -0.05) is 52.8 Å². The first-order valence-electron chi connectivity index (χ1n) is 34.2. The van der Waals surface area contributed by atoms with Gasteiger partial charge in [0, 0.05) is 120 Å². The molecule has 0 radical (unpaired) electrons. The third-order valence-electron chi connectivity index (χ3n) is 16.5. The SMILES string of the molecule is CC(C)(C)OC(=O)N1CCC[C@@H](N(C(=O)c2ccc(C3=NOC(C)(C)C3=O)cc2)c2ccccn2)C1.CC(C)(C)OC(=O)N1CCC[C@@H](N)C1.CC(C)(C)OC(=O)N1CCC[C@@H](Nc2ccccn2)C1.CC1(C)ON=C(c2ccc(C(=O)N(c3ccccn3)[C@@H]3CCCNC3)cc2)C1=O.[CH3-].[W].